The van der Waals surface area contributed by atoms with Crippen molar-refractivity contribution in [3.63, 3.8) is 0 Å². The second-order valence-electron chi connectivity index (χ2n) is 4.43. The van der Waals surface area contributed by atoms with Crippen molar-refractivity contribution in [2.45, 2.75) is 6.10 Å². The van der Waals surface area contributed by atoms with Gasteiger partial charge in [0.05, 0.1) is 0 Å². The molecule has 0 aliphatic heterocycles. The van der Waals surface area contributed by atoms with Crippen LogP contribution in [0, 0.1) is 17.5 Å². The zero-order valence-corrected chi connectivity index (χ0v) is 11.0. The van der Waals surface area contributed by atoms with E-state index in [0.717, 1.165) is 12.1 Å². The van der Waals surface area contributed by atoms with Crippen LogP contribution >= 0.6 is 0 Å². The van der Waals surface area contributed by atoms with Gasteiger partial charge in [-0.3, -0.25) is 0 Å². The average molecular weight is 297 g/mol. The fourth-order valence-electron chi connectivity index (χ4n) is 1.62. The van der Waals surface area contributed by atoms with Gasteiger partial charge in [-0.2, -0.15) is 0 Å². The van der Waals surface area contributed by atoms with E-state index in [1.807, 2.05) is 0 Å². The number of halogens is 3. The first kappa shape index (κ1) is 15.2. The van der Waals surface area contributed by atoms with Crippen molar-refractivity contribution in [3.8, 4) is 5.75 Å². The second kappa shape index (κ2) is 6.99. The van der Waals surface area contributed by atoms with Gasteiger partial charge in [0.25, 0.3) is 0 Å². The maximum absolute atomic E-state index is 13.0. The van der Waals surface area contributed by atoms with Gasteiger partial charge in [-0.15, -0.1) is 0 Å². The van der Waals surface area contributed by atoms with Gasteiger partial charge >= 0.3 is 0 Å². The van der Waals surface area contributed by atoms with Gasteiger partial charge in [-0.05, 0) is 36.4 Å². The van der Waals surface area contributed by atoms with Crippen LogP contribution in [0.2, 0.25) is 0 Å². The van der Waals surface area contributed by atoms with Crippen LogP contribution in [0.25, 0.3) is 0 Å². The van der Waals surface area contributed by atoms with Crippen molar-refractivity contribution in [2.75, 3.05) is 18.5 Å². The third-order valence-electron chi connectivity index (χ3n) is 2.72. The topological polar surface area (TPSA) is 41.5 Å². The van der Waals surface area contributed by atoms with Crippen LogP contribution in [0.1, 0.15) is 0 Å². The van der Waals surface area contributed by atoms with E-state index >= 15 is 0 Å². The molecule has 1 atom stereocenters. The predicted octanol–water partition coefficient (Wildman–Crippen LogP) is 2.96. The van der Waals surface area contributed by atoms with Gasteiger partial charge in [-0.1, -0.05) is 0 Å². The lowest BCUT2D eigenvalue weighted by molar-refractivity contribution is 0.117. The van der Waals surface area contributed by atoms with Crippen molar-refractivity contribution in [2.24, 2.45) is 0 Å². The van der Waals surface area contributed by atoms with Crippen LogP contribution in [0.15, 0.2) is 42.5 Å². The van der Waals surface area contributed by atoms with E-state index in [1.54, 1.807) is 0 Å². The number of aliphatic hydroxyl groups excluding tert-OH is 1. The predicted molar refractivity (Wildman–Crippen MR) is 72.7 cm³/mol. The Morgan fingerprint density at radius 3 is 2.38 bits per heavy atom. The van der Waals surface area contributed by atoms with E-state index in [1.165, 1.54) is 30.3 Å². The molecular formula is C15H14F3NO2. The van der Waals surface area contributed by atoms with Crippen molar-refractivity contribution in [3.05, 3.63) is 59.9 Å². The molecule has 6 heteroatoms. The average Bonchev–Trinajstić information content (AvgIpc) is 2.48. The second-order valence-corrected chi connectivity index (χ2v) is 4.43. The van der Waals surface area contributed by atoms with Crippen LogP contribution in [0.3, 0.4) is 0 Å². The molecule has 0 aliphatic carbocycles. The van der Waals surface area contributed by atoms with E-state index in [2.05, 4.69) is 5.32 Å². The Balaban J connectivity index is 1.77. The third kappa shape index (κ3) is 4.68. The van der Waals surface area contributed by atoms with Gasteiger partial charge in [0.1, 0.15) is 24.3 Å². The molecular weight excluding hydrogens is 283 g/mol. The van der Waals surface area contributed by atoms with Crippen LogP contribution in [-0.4, -0.2) is 24.4 Å². The molecule has 0 saturated carbocycles. The standard InChI is InChI=1S/C15H14F3NO2/c16-10-1-4-13(5-2-10)21-9-12(20)8-19-11-3-6-14(17)15(18)7-11/h1-7,12,19-20H,8-9H2. The zero-order chi connectivity index (χ0) is 15.2. The highest BCUT2D eigenvalue weighted by molar-refractivity contribution is 5.43. The van der Waals surface area contributed by atoms with Crippen LogP contribution < -0.4 is 10.1 Å². The minimum atomic E-state index is -0.961. The number of benzene rings is 2. The Labute approximate surface area is 120 Å². The summed E-state index contributed by atoms with van der Waals surface area (Å²) >= 11 is 0. The zero-order valence-electron chi connectivity index (χ0n) is 11.0. The van der Waals surface area contributed by atoms with E-state index in [0.29, 0.717) is 11.4 Å². The molecule has 0 amide bonds. The van der Waals surface area contributed by atoms with Crippen molar-refractivity contribution < 1.29 is 23.0 Å². The Bertz CT molecular complexity index is 590. The molecule has 0 spiro atoms. The summed E-state index contributed by atoms with van der Waals surface area (Å²) in [6.07, 6.45) is -0.858. The third-order valence-corrected chi connectivity index (χ3v) is 2.72. The van der Waals surface area contributed by atoms with Crippen LogP contribution in [-0.2, 0) is 0 Å². The first-order valence-corrected chi connectivity index (χ1v) is 6.30. The van der Waals surface area contributed by atoms with Crippen LogP contribution in [0.4, 0.5) is 18.9 Å². The van der Waals surface area contributed by atoms with E-state index in [9.17, 15) is 18.3 Å². The summed E-state index contributed by atoms with van der Waals surface area (Å²) in [7, 11) is 0. The molecule has 21 heavy (non-hydrogen) atoms. The molecule has 0 heterocycles. The maximum atomic E-state index is 13.0. The van der Waals surface area contributed by atoms with Crippen LogP contribution in [0.5, 0.6) is 5.75 Å². The lowest BCUT2D eigenvalue weighted by Crippen LogP contribution is -2.26. The number of anilines is 1. The maximum Gasteiger partial charge on any atom is 0.160 e. The van der Waals surface area contributed by atoms with E-state index < -0.39 is 17.7 Å². The number of nitrogens with one attached hydrogen (secondary N) is 1. The van der Waals surface area contributed by atoms with Crippen molar-refractivity contribution in [1.29, 1.82) is 0 Å². The number of aliphatic hydroxyl groups is 1. The summed E-state index contributed by atoms with van der Waals surface area (Å²) in [6.45, 7) is 0.0918. The summed E-state index contributed by atoms with van der Waals surface area (Å²) in [4.78, 5) is 0. The Morgan fingerprint density at radius 1 is 1.00 bits per heavy atom. The molecule has 2 N–H and O–H groups in total. The summed E-state index contributed by atoms with van der Waals surface area (Å²) in [6, 6.07) is 8.77. The summed E-state index contributed by atoms with van der Waals surface area (Å²) in [5, 5.41) is 12.5. The van der Waals surface area contributed by atoms with Crippen molar-refractivity contribution in [1.82, 2.24) is 0 Å². The molecule has 0 aliphatic rings. The van der Waals surface area contributed by atoms with E-state index in [-0.39, 0.29) is 19.0 Å². The Morgan fingerprint density at radius 2 is 1.71 bits per heavy atom. The molecule has 0 bridgehead atoms. The molecule has 1 unspecified atom stereocenters. The largest absolute Gasteiger partial charge is 0.491 e. The van der Waals surface area contributed by atoms with Gasteiger partial charge < -0.3 is 15.2 Å². The lowest BCUT2D eigenvalue weighted by Gasteiger charge is -2.14. The first-order chi connectivity index (χ1) is 10.0. The molecule has 0 saturated heterocycles. The summed E-state index contributed by atoms with van der Waals surface area (Å²) in [5.41, 5.74) is 0.356. The molecule has 2 rings (SSSR count). The normalized spacial score (nSPS) is 12.0. The van der Waals surface area contributed by atoms with Gasteiger partial charge in [-0.25, -0.2) is 13.2 Å². The molecule has 2 aromatic carbocycles. The van der Waals surface area contributed by atoms with Gasteiger partial charge in [0.2, 0.25) is 0 Å². The quantitative estimate of drug-likeness (QED) is 0.861. The lowest BCUT2D eigenvalue weighted by atomic mass is 10.3. The molecule has 112 valence electrons. The first-order valence-electron chi connectivity index (χ1n) is 6.30. The fraction of sp³-hybridized carbons (Fsp3) is 0.200. The molecule has 0 radical (unpaired) electrons. The summed E-state index contributed by atoms with van der Waals surface area (Å²) < 4.78 is 43.7. The smallest absolute Gasteiger partial charge is 0.160 e. The minimum absolute atomic E-state index is 0.0116. The SMILES string of the molecule is OC(CNc1ccc(F)c(F)c1)COc1ccc(F)cc1. The molecule has 2 aromatic rings. The fourth-order valence-corrected chi connectivity index (χ4v) is 1.62. The molecule has 0 aromatic heterocycles. The number of hydrogen-bond donors (Lipinski definition) is 2. The number of ether oxygens (including phenoxy) is 1. The molecule has 3 nitrogen and oxygen atoms in total. The highest BCUT2D eigenvalue weighted by Gasteiger charge is 2.07. The highest BCUT2D eigenvalue weighted by Crippen LogP contribution is 2.14. The van der Waals surface area contributed by atoms with Crippen molar-refractivity contribution >= 4 is 5.69 Å². The summed E-state index contributed by atoms with van der Waals surface area (Å²) in [5.74, 6) is -1.83. The highest BCUT2D eigenvalue weighted by atomic mass is 19.2. The number of hydrogen-bond acceptors (Lipinski definition) is 3. The Hall–Kier alpha value is -2.21. The minimum Gasteiger partial charge on any atom is -0.491 e. The van der Waals surface area contributed by atoms with Gasteiger partial charge in [0, 0.05) is 18.3 Å². The molecule has 0 fully saturated rings. The van der Waals surface area contributed by atoms with Gasteiger partial charge in [0.15, 0.2) is 11.6 Å². The Kier molecular flexibility index (Phi) is 5.05. The number of rotatable bonds is 6. The van der Waals surface area contributed by atoms with E-state index in [4.69, 9.17) is 4.74 Å². The monoisotopic (exact) mass is 297 g/mol.